The normalized spacial score (nSPS) is 21.9. The Morgan fingerprint density at radius 2 is 2.43 bits per heavy atom. The van der Waals surface area contributed by atoms with Gasteiger partial charge in [0.1, 0.15) is 10.4 Å². The second-order valence-corrected chi connectivity index (χ2v) is 4.66. The van der Waals surface area contributed by atoms with Crippen LogP contribution in [0, 0.1) is 0 Å². The third kappa shape index (κ3) is 1.67. The SMILES string of the molecule is CCC1CCCN1c1cc(Br)nn1C. The lowest BCUT2D eigenvalue weighted by Gasteiger charge is -2.25. The zero-order valence-corrected chi connectivity index (χ0v) is 10.3. The fourth-order valence-electron chi connectivity index (χ4n) is 2.25. The molecule has 0 spiro atoms. The highest BCUT2D eigenvalue weighted by atomic mass is 79.9. The lowest BCUT2D eigenvalue weighted by Crippen LogP contribution is -2.30. The van der Waals surface area contributed by atoms with E-state index in [0.29, 0.717) is 6.04 Å². The van der Waals surface area contributed by atoms with E-state index in [0.717, 1.165) is 4.60 Å². The molecule has 0 amide bonds. The van der Waals surface area contributed by atoms with Gasteiger partial charge in [-0.15, -0.1) is 0 Å². The number of aromatic nitrogens is 2. The van der Waals surface area contributed by atoms with Crippen LogP contribution in [-0.4, -0.2) is 22.4 Å². The molecule has 1 atom stereocenters. The molecule has 1 aliphatic rings. The standard InChI is InChI=1S/C10H16BrN3/c1-3-8-5-4-6-14(8)10-7-9(11)12-13(10)2/h7-8H,3-6H2,1-2H3. The van der Waals surface area contributed by atoms with Crippen LogP contribution in [0.25, 0.3) is 0 Å². The Balaban J connectivity index is 2.25. The van der Waals surface area contributed by atoms with E-state index in [1.54, 1.807) is 0 Å². The average molecular weight is 258 g/mol. The summed E-state index contributed by atoms with van der Waals surface area (Å²) < 4.78 is 2.88. The highest BCUT2D eigenvalue weighted by Gasteiger charge is 2.25. The molecule has 0 bridgehead atoms. The Labute approximate surface area is 93.2 Å². The molecular formula is C10H16BrN3. The monoisotopic (exact) mass is 257 g/mol. The summed E-state index contributed by atoms with van der Waals surface area (Å²) in [4.78, 5) is 2.47. The van der Waals surface area contributed by atoms with Crippen molar-refractivity contribution in [2.45, 2.75) is 32.2 Å². The van der Waals surface area contributed by atoms with E-state index in [2.05, 4.69) is 38.9 Å². The largest absolute Gasteiger partial charge is 0.354 e. The number of rotatable bonds is 2. The maximum atomic E-state index is 4.32. The van der Waals surface area contributed by atoms with Gasteiger partial charge in [0.25, 0.3) is 0 Å². The Morgan fingerprint density at radius 1 is 1.64 bits per heavy atom. The number of hydrogen-bond acceptors (Lipinski definition) is 2. The van der Waals surface area contributed by atoms with Gasteiger partial charge >= 0.3 is 0 Å². The molecule has 1 fully saturated rings. The quantitative estimate of drug-likeness (QED) is 0.812. The molecule has 1 aromatic rings. The predicted octanol–water partition coefficient (Wildman–Crippen LogP) is 2.56. The van der Waals surface area contributed by atoms with Gasteiger partial charge < -0.3 is 4.90 Å². The minimum absolute atomic E-state index is 0.706. The minimum Gasteiger partial charge on any atom is -0.354 e. The van der Waals surface area contributed by atoms with Gasteiger partial charge in [-0.2, -0.15) is 5.10 Å². The van der Waals surface area contributed by atoms with E-state index >= 15 is 0 Å². The number of nitrogens with zero attached hydrogens (tertiary/aromatic N) is 3. The van der Waals surface area contributed by atoms with E-state index in [1.165, 1.54) is 31.6 Å². The maximum absolute atomic E-state index is 4.32. The molecule has 4 heteroatoms. The van der Waals surface area contributed by atoms with E-state index in [4.69, 9.17) is 0 Å². The molecule has 3 nitrogen and oxygen atoms in total. The number of halogens is 1. The topological polar surface area (TPSA) is 21.1 Å². The van der Waals surface area contributed by atoms with Crippen LogP contribution in [0.5, 0.6) is 0 Å². The van der Waals surface area contributed by atoms with Crippen molar-refractivity contribution in [3.8, 4) is 0 Å². The molecule has 0 radical (unpaired) electrons. The second-order valence-electron chi connectivity index (χ2n) is 3.85. The highest BCUT2D eigenvalue weighted by molar-refractivity contribution is 9.10. The van der Waals surface area contributed by atoms with E-state index < -0.39 is 0 Å². The van der Waals surface area contributed by atoms with E-state index in [9.17, 15) is 0 Å². The van der Waals surface area contributed by atoms with Crippen molar-refractivity contribution in [2.75, 3.05) is 11.4 Å². The molecule has 14 heavy (non-hydrogen) atoms. The molecule has 78 valence electrons. The van der Waals surface area contributed by atoms with Gasteiger partial charge in [0.2, 0.25) is 0 Å². The van der Waals surface area contributed by atoms with Crippen LogP contribution in [0.3, 0.4) is 0 Å². The summed E-state index contributed by atoms with van der Waals surface area (Å²) in [5.41, 5.74) is 0. The summed E-state index contributed by atoms with van der Waals surface area (Å²) >= 11 is 3.41. The van der Waals surface area contributed by atoms with Crippen LogP contribution in [0.15, 0.2) is 10.7 Å². The van der Waals surface area contributed by atoms with Crippen molar-refractivity contribution in [3.05, 3.63) is 10.7 Å². The van der Waals surface area contributed by atoms with Crippen LogP contribution in [-0.2, 0) is 7.05 Å². The minimum atomic E-state index is 0.706. The summed E-state index contributed by atoms with van der Waals surface area (Å²) in [5, 5.41) is 4.32. The van der Waals surface area contributed by atoms with Crippen LogP contribution in [0.2, 0.25) is 0 Å². The zero-order chi connectivity index (χ0) is 10.1. The maximum Gasteiger partial charge on any atom is 0.130 e. The molecule has 2 rings (SSSR count). The lowest BCUT2D eigenvalue weighted by atomic mass is 10.2. The molecule has 0 saturated carbocycles. The Morgan fingerprint density at radius 3 is 3.00 bits per heavy atom. The third-order valence-electron chi connectivity index (χ3n) is 2.97. The summed E-state index contributed by atoms with van der Waals surface area (Å²) in [6.45, 7) is 3.43. The smallest absolute Gasteiger partial charge is 0.130 e. The fraction of sp³-hybridized carbons (Fsp3) is 0.700. The van der Waals surface area contributed by atoms with Gasteiger partial charge in [-0.05, 0) is 35.2 Å². The fourth-order valence-corrected chi connectivity index (χ4v) is 2.70. The van der Waals surface area contributed by atoms with Crippen LogP contribution < -0.4 is 4.90 Å². The number of aryl methyl sites for hydroxylation is 1. The average Bonchev–Trinajstić information content (AvgIpc) is 2.71. The molecule has 0 N–H and O–H groups in total. The van der Waals surface area contributed by atoms with Gasteiger partial charge in [-0.1, -0.05) is 6.92 Å². The van der Waals surface area contributed by atoms with Crippen molar-refractivity contribution in [1.82, 2.24) is 9.78 Å². The molecule has 0 aliphatic carbocycles. The first-order valence-corrected chi connectivity index (χ1v) is 5.98. The zero-order valence-electron chi connectivity index (χ0n) is 8.70. The van der Waals surface area contributed by atoms with Gasteiger partial charge in [0.05, 0.1) is 0 Å². The molecule has 1 aliphatic heterocycles. The first kappa shape index (κ1) is 10.0. The van der Waals surface area contributed by atoms with Crippen LogP contribution in [0.4, 0.5) is 5.82 Å². The van der Waals surface area contributed by atoms with Crippen molar-refractivity contribution in [2.24, 2.45) is 7.05 Å². The van der Waals surface area contributed by atoms with Gasteiger partial charge in [-0.3, -0.25) is 4.68 Å². The van der Waals surface area contributed by atoms with Gasteiger partial charge in [-0.25, -0.2) is 0 Å². The Kier molecular flexibility index (Phi) is 2.81. The molecule has 0 aromatic carbocycles. The van der Waals surface area contributed by atoms with E-state index in [-0.39, 0.29) is 0 Å². The number of anilines is 1. The highest BCUT2D eigenvalue weighted by Crippen LogP contribution is 2.28. The van der Waals surface area contributed by atoms with Crippen molar-refractivity contribution < 1.29 is 0 Å². The van der Waals surface area contributed by atoms with Crippen molar-refractivity contribution in [1.29, 1.82) is 0 Å². The van der Waals surface area contributed by atoms with Gasteiger partial charge in [0.15, 0.2) is 0 Å². The lowest BCUT2D eigenvalue weighted by molar-refractivity contribution is 0.621. The van der Waals surface area contributed by atoms with Gasteiger partial charge in [0, 0.05) is 25.7 Å². The van der Waals surface area contributed by atoms with Crippen LogP contribution in [0.1, 0.15) is 26.2 Å². The summed E-state index contributed by atoms with van der Waals surface area (Å²) in [5.74, 6) is 1.24. The molecular weight excluding hydrogens is 242 g/mol. The third-order valence-corrected chi connectivity index (χ3v) is 3.36. The molecule has 1 unspecified atom stereocenters. The predicted molar refractivity (Wildman–Crippen MR) is 61.6 cm³/mol. The van der Waals surface area contributed by atoms with Crippen LogP contribution >= 0.6 is 15.9 Å². The number of hydrogen-bond donors (Lipinski definition) is 0. The molecule has 1 saturated heterocycles. The van der Waals surface area contributed by atoms with E-state index in [1.807, 2.05) is 11.7 Å². The molecule has 1 aromatic heterocycles. The summed E-state index contributed by atoms with van der Waals surface area (Å²) in [6.07, 6.45) is 3.85. The van der Waals surface area contributed by atoms with Crippen molar-refractivity contribution >= 4 is 21.7 Å². The first-order valence-electron chi connectivity index (χ1n) is 5.18. The summed E-state index contributed by atoms with van der Waals surface area (Å²) in [7, 11) is 2.01. The van der Waals surface area contributed by atoms with Crippen molar-refractivity contribution in [3.63, 3.8) is 0 Å². The Hall–Kier alpha value is -0.510. The first-order chi connectivity index (χ1) is 6.72. The molecule has 2 heterocycles. The Bertz CT molecular complexity index is 321. The second kappa shape index (κ2) is 3.93. The summed E-state index contributed by atoms with van der Waals surface area (Å²) in [6, 6.07) is 2.81.